The number of ether oxygens (including phenoxy) is 2. The van der Waals surface area contributed by atoms with Gasteiger partial charge < -0.3 is 9.47 Å². The van der Waals surface area contributed by atoms with E-state index in [1.807, 2.05) is 13.8 Å². The number of nitro benzene ring substituents is 2. The zero-order chi connectivity index (χ0) is 25.8. The van der Waals surface area contributed by atoms with Crippen molar-refractivity contribution < 1.29 is 28.9 Å². The summed E-state index contributed by atoms with van der Waals surface area (Å²) in [6, 6.07) is 2.76. The third kappa shape index (κ3) is 3.32. The van der Waals surface area contributed by atoms with E-state index in [1.165, 1.54) is 0 Å². The number of carbonyl (C=O) groups excluding carboxylic acids is 2. The Morgan fingerprint density at radius 3 is 2.06 bits per heavy atom. The molecule has 5 rings (SSSR count). The molecular formula is C25H30N2O8. The minimum atomic E-state index is -1.26. The highest BCUT2D eigenvalue weighted by Crippen LogP contribution is 2.77. The first-order valence-electron chi connectivity index (χ1n) is 11.9. The molecule has 1 aliphatic heterocycles. The number of nitro groups is 2. The van der Waals surface area contributed by atoms with E-state index in [2.05, 4.69) is 20.8 Å². The summed E-state index contributed by atoms with van der Waals surface area (Å²) in [5, 5.41) is 22.7. The number of benzene rings is 1. The maximum atomic E-state index is 13.7. The molecule has 0 spiro atoms. The summed E-state index contributed by atoms with van der Waals surface area (Å²) in [6.45, 7) is 10.4. The lowest BCUT2D eigenvalue weighted by atomic mass is 9.44. The molecule has 35 heavy (non-hydrogen) atoms. The Kier molecular flexibility index (Phi) is 4.54. The van der Waals surface area contributed by atoms with Crippen molar-refractivity contribution in [2.24, 2.45) is 16.2 Å². The number of hydrogen-bond acceptors (Lipinski definition) is 8. The Bertz CT molecular complexity index is 1170. The molecule has 0 radical (unpaired) electrons. The van der Waals surface area contributed by atoms with Crippen LogP contribution < -0.4 is 0 Å². The van der Waals surface area contributed by atoms with Gasteiger partial charge in [-0.15, -0.1) is 0 Å². The molecule has 1 heterocycles. The molecule has 4 fully saturated rings. The Labute approximate surface area is 202 Å². The number of epoxide rings is 1. The molecule has 4 atom stereocenters. The summed E-state index contributed by atoms with van der Waals surface area (Å²) < 4.78 is 12.7. The van der Waals surface area contributed by atoms with Crippen molar-refractivity contribution in [3.8, 4) is 0 Å². The van der Waals surface area contributed by atoms with E-state index in [4.69, 9.17) is 9.47 Å². The average molecular weight is 487 g/mol. The number of rotatable bonds is 4. The summed E-state index contributed by atoms with van der Waals surface area (Å²) in [4.78, 5) is 48.4. The maximum Gasteiger partial charge on any atom is 0.339 e. The number of carbonyl (C=O) groups is 2. The van der Waals surface area contributed by atoms with Crippen molar-refractivity contribution in [1.82, 2.24) is 0 Å². The predicted octanol–water partition coefficient (Wildman–Crippen LogP) is 4.92. The van der Waals surface area contributed by atoms with E-state index >= 15 is 0 Å². The summed E-state index contributed by atoms with van der Waals surface area (Å²) in [5.41, 5.74) is -5.43. The topological polar surface area (TPSA) is 142 Å². The lowest BCUT2D eigenvalue weighted by Crippen LogP contribution is -2.69. The SMILES string of the molecule is CC1(C)CC2(C)CC(OC(=O)c3cc([N+](=O)[O-])cc([N+](=O)[O-])c3)(C1)C13OC1(CC(C)(C)CC3=O)C2. The van der Waals surface area contributed by atoms with Crippen LogP contribution in [0.4, 0.5) is 11.4 Å². The number of Topliss-reactive ketones (excluding diaryl/α,β-unsaturated/α-hetero) is 1. The molecule has 0 amide bonds. The van der Waals surface area contributed by atoms with Gasteiger partial charge in [-0.3, -0.25) is 25.0 Å². The highest BCUT2D eigenvalue weighted by Gasteiger charge is 2.90. The predicted molar refractivity (Wildman–Crippen MR) is 123 cm³/mol. The molecular weight excluding hydrogens is 456 g/mol. The standard InChI is InChI=1S/C25H30N2O8/c1-20(2)9-18(28)25-23(12-21(3,4)10-22(5,13-23)14-24(25,11-20)35-25)34-19(29)15-6-16(26(30)31)8-17(7-15)27(32)33/h6-8H,9-14H2,1-5H3. The van der Waals surface area contributed by atoms with E-state index in [1.54, 1.807) is 0 Å². The van der Waals surface area contributed by atoms with Crippen LogP contribution in [0.15, 0.2) is 18.2 Å². The van der Waals surface area contributed by atoms with Gasteiger partial charge in [0.15, 0.2) is 17.0 Å². The van der Waals surface area contributed by atoms with Crippen LogP contribution in [0.1, 0.15) is 83.5 Å². The number of non-ortho nitro benzene ring substituents is 2. The van der Waals surface area contributed by atoms with E-state index < -0.39 is 44.0 Å². The molecule has 3 aliphatic carbocycles. The smallest absolute Gasteiger partial charge is 0.339 e. The molecule has 2 bridgehead atoms. The first kappa shape index (κ1) is 23.8. The summed E-state index contributed by atoms with van der Waals surface area (Å²) in [5.74, 6) is -0.999. The molecule has 0 N–H and O–H groups in total. The van der Waals surface area contributed by atoms with Crippen LogP contribution >= 0.6 is 0 Å². The normalized spacial score (nSPS) is 38.0. The molecule has 188 valence electrons. The number of fused-ring (bicyclic) bond motifs is 2. The minimum Gasteiger partial charge on any atom is -0.452 e. The van der Waals surface area contributed by atoms with Gasteiger partial charge in [0.2, 0.25) is 0 Å². The van der Waals surface area contributed by atoms with Gasteiger partial charge in [0.25, 0.3) is 11.4 Å². The van der Waals surface area contributed by atoms with E-state index in [0.717, 1.165) is 24.6 Å². The second-order valence-corrected chi connectivity index (χ2v) is 13.0. The molecule has 0 aromatic heterocycles. The molecule has 10 nitrogen and oxygen atoms in total. The summed E-state index contributed by atoms with van der Waals surface area (Å²) in [7, 11) is 0. The average Bonchev–Trinajstić information content (AvgIpc) is 3.34. The van der Waals surface area contributed by atoms with E-state index in [9.17, 15) is 29.8 Å². The first-order valence-corrected chi connectivity index (χ1v) is 11.9. The fraction of sp³-hybridized carbons (Fsp3) is 0.680. The first-order chi connectivity index (χ1) is 16.0. The molecule has 3 saturated carbocycles. The van der Waals surface area contributed by atoms with Gasteiger partial charge >= 0.3 is 5.97 Å². The van der Waals surface area contributed by atoms with Crippen LogP contribution in [0.25, 0.3) is 0 Å². The van der Waals surface area contributed by atoms with Crippen LogP contribution in [-0.2, 0) is 14.3 Å². The van der Waals surface area contributed by atoms with Crippen LogP contribution in [0.5, 0.6) is 0 Å². The fourth-order valence-electron chi connectivity index (χ4n) is 8.29. The quantitative estimate of drug-likeness (QED) is 0.253. The molecule has 4 aliphatic rings. The Balaban J connectivity index is 1.61. The van der Waals surface area contributed by atoms with Crippen molar-refractivity contribution in [1.29, 1.82) is 0 Å². The lowest BCUT2D eigenvalue weighted by Gasteiger charge is -2.59. The molecule has 10 heteroatoms. The molecule has 1 aromatic carbocycles. The highest BCUT2D eigenvalue weighted by atomic mass is 16.7. The second kappa shape index (κ2) is 6.66. The van der Waals surface area contributed by atoms with Gasteiger partial charge in [-0.1, -0.05) is 34.6 Å². The van der Waals surface area contributed by atoms with Crippen LogP contribution in [0.3, 0.4) is 0 Å². The maximum absolute atomic E-state index is 13.7. The fourth-order valence-corrected chi connectivity index (χ4v) is 8.29. The second-order valence-electron chi connectivity index (χ2n) is 13.0. The number of ketones is 1. The third-order valence-corrected chi connectivity index (χ3v) is 8.33. The van der Waals surface area contributed by atoms with Gasteiger partial charge in [0.05, 0.1) is 21.5 Å². The Morgan fingerprint density at radius 1 is 0.886 bits per heavy atom. The Morgan fingerprint density at radius 2 is 1.49 bits per heavy atom. The van der Waals surface area contributed by atoms with Crippen molar-refractivity contribution in [3.63, 3.8) is 0 Å². The Hall–Kier alpha value is -2.88. The third-order valence-electron chi connectivity index (χ3n) is 8.33. The highest BCUT2D eigenvalue weighted by molar-refractivity contribution is 5.97. The van der Waals surface area contributed by atoms with Crippen molar-refractivity contribution in [2.75, 3.05) is 0 Å². The van der Waals surface area contributed by atoms with Gasteiger partial charge in [-0.05, 0) is 48.3 Å². The number of hydrogen-bond donors (Lipinski definition) is 0. The number of esters is 1. The molecule has 1 aromatic rings. The van der Waals surface area contributed by atoms with Gasteiger partial charge in [-0.25, -0.2) is 4.79 Å². The summed E-state index contributed by atoms with van der Waals surface area (Å²) >= 11 is 0. The minimum absolute atomic E-state index is 0.0775. The monoisotopic (exact) mass is 486 g/mol. The van der Waals surface area contributed by atoms with Crippen molar-refractivity contribution >= 4 is 23.1 Å². The van der Waals surface area contributed by atoms with Gasteiger partial charge in [0.1, 0.15) is 5.60 Å². The zero-order valence-electron chi connectivity index (χ0n) is 20.6. The van der Waals surface area contributed by atoms with Crippen LogP contribution in [0, 0.1) is 36.5 Å². The molecule has 4 unspecified atom stereocenters. The van der Waals surface area contributed by atoms with Crippen molar-refractivity contribution in [3.05, 3.63) is 44.0 Å². The summed E-state index contributed by atoms with van der Waals surface area (Å²) in [6.07, 6.45) is 3.36. The largest absolute Gasteiger partial charge is 0.452 e. The van der Waals surface area contributed by atoms with Crippen LogP contribution in [0.2, 0.25) is 0 Å². The van der Waals surface area contributed by atoms with Crippen LogP contribution in [-0.4, -0.2) is 38.4 Å². The molecule has 1 saturated heterocycles. The zero-order valence-corrected chi connectivity index (χ0v) is 20.6. The lowest BCUT2D eigenvalue weighted by molar-refractivity contribution is -0.394. The van der Waals surface area contributed by atoms with Gasteiger partial charge in [0, 0.05) is 18.6 Å². The van der Waals surface area contributed by atoms with Gasteiger partial charge in [-0.2, -0.15) is 0 Å². The van der Waals surface area contributed by atoms with E-state index in [0.29, 0.717) is 32.1 Å². The van der Waals surface area contributed by atoms with Crippen molar-refractivity contribution in [2.45, 2.75) is 89.9 Å². The van der Waals surface area contributed by atoms with E-state index in [-0.39, 0.29) is 27.6 Å². The number of nitrogens with zero attached hydrogens (tertiary/aromatic N) is 2.